The molecule has 0 fully saturated rings. The third-order valence-corrected chi connectivity index (χ3v) is 3.94. The van der Waals surface area contributed by atoms with Crippen LogP contribution >= 0.6 is 0 Å². The van der Waals surface area contributed by atoms with Gasteiger partial charge in [-0.3, -0.25) is 14.6 Å². The molecular formula is C21H27N3O3. The average molecular weight is 369 g/mol. The first-order valence-electron chi connectivity index (χ1n) is 9.38. The van der Waals surface area contributed by atoms with Crippen molar-refractivity contribution in [3.05, 3.63) is 53.9 Å². The molecule has 144 valence electrons. The van der Waals surface area contributed by atoms with Gasteiger partial charge in [0.25, 0.3) is 11.8 Å². The van der Waals surface area contributed by atoms with Crippen LogP contribution in [-0.2, 0) is 0 Å². The summed E-state index contributed by atoms with van der Waals surface area (Å²) in [5.74, 6) is 0.315. The van der Waals surface area contributed by atoms with E-state index in [9.17, 15) is 9.59 Å². The van der Waals surface area contributed by atoms with Crippen LogP contribution in [0.3, 0.4) is 0 Å². The molecule has 1 N–H and O–H groups in total. The first-order valence-corrected chi connectivity index (χ1v) is 9.38. The number of pyridine rings is 1. The molecule has 2 rings (SSSR count). The van der Waals surface area contributed by atoms with Crippen LogP contribution in [0.4, 0.5) is 5.69 Å². The molecule has 0 saturated carbocycles. The van der Waals surface area contributed by atoms with Crippen LogP contribution in [0, 0.1) is 0 Å². The van der Waals surface area contributed by atoms with Gasteiger partial charge in [0, 0.05) is 30.5 Å². The number of rotatable bonds is 9. The molecule has 0 atom stereocenters. The minimum atomic E-state index is -0.355. The zero-order chi connectivity index (χ0) is 19.6. The van der Waals surface area contributed by atoms with Crippen molar-refractivity contribution in [1.82, 2.24) is 9.88 Å². The number of amides is 2. The summed E-state index contributed by atoms with van der Waals surface area (Å²) in [7, 11) is 0. The van der Waals surface area contributed by atoms with E-state index >= 15 is 0 Å². The summed E-state index contributed by atoms with van der Waals surface area (Å²) >= 11 is 0. The van der Waals surface area contributed by atoms with Gasteiger partial charge < -0.3 is 15.0 Å². The van der Waals surface area contributed by atoms with Crippen LogP contribution in [0.25, 0.3) is 0 Å². The van der Waals surface area contributed by atoms with Gasteiger partial charge in [-0.2, -0.15) is 0 Å². The summed E-state index contributed by atoms with van der Waals surface area (Å²) < 4.78 is 5.39. The summed E-state index contributed by atoms with van der Waals surface area (Å²) in [6, 6.07) is 10.3. The van der Waals surface area contributed by atoms with Gasteiger partial charge in [-0.05, 0) is 56.2 Å². The van der Waals surface area contributed by atoms with Crippen molar-refractivity contribution in [3.63, 3.8) is 0 Å². The Balaban J connectivity index is 2.11. The molecule has 0 spiro atoms. The molecule has 1 heterocycles. The number of ether oxygens (including phenoxy) is 1. The summed E-state index contributed by atoms with van der Waals surface area (Å²) in [6.45, 7) is 7.98. The molecule has 0 unspecified atom stereocenters. The number of carbonyl (C=O) groups excluding carboxylic acids is 2. The van der Waals surface area contributed by atoms with Crippen LogP contribution in [0.15, 0.2) is 42.6 Å². The van der Waals surface area contributed by atoms with Gasteiger partial charge in [0.2, 0.25) is 0 Å². The maximum absolute atomic E-state index is 12.7. The monoisotopic (exact) mass is 369 g/mol. The fourth-order valence-corrected chi connectivity index (χ4v) is 2.72. The molecule has 0 bridgehead atoms. The fourth-order valence-electron chi connectivity index (χ4n) is 2.72. The van der Waals surface area contributed by atoms with Crippen molar-refractivity contribution in [2.75, 3.05) is 25.0 Å². The quantitative estimate of drug-likeness (QED) is 0.725. The Bertz CT molecular complexity index is 754. The molecule has 6 nitrogen and oxygen atoms in total. The Kier molecular flexibility index (Phi) is 7.79. The fraction of sp³-hybridized carbons (Fsp3) is 0.381. The predicted molar refractivity (Wildman–Crippen MR) is 106 cm³/mol. The Labute approximate surface area is 160 Å². The Morgan fingerprint density at radius 1 is 1.04 bits per heavy atom. The van der Waals surface area contributed by atoms with E-state index in [2.05, 4.69) is 10.3 Å². The van der Waals surface area contributed by atoms with Crippen LogP contribution in [0.2, 0.25) is 0 Å². The van der Waals surface area contributed by atoms with E-state index < -0.39 is 0 Å². The standard InChI is InChI=1S/C21H27N3O3/c1-4-13-24(14-5-2)21(26)16-11-12-22-19(15-16)20(25)23-17-7-9-18(10-8-17)27-6-3/h7-12,15H,4-6,13-14H2,1-3H3,(H,23,25). The molecule has 2 aromatic rings. The zero-order valence-electron chi connectivity index (χ0n) is 16.2. The van der Waals surface area contributed by atoms with Gasteiger partial charge in [0.15, 0.2) is 0 Å². The number of anilines is 1. The number of nitrogens with one attached hydrogen (secondary N) is 1. The summed E-state index contributed by atoms with van der Waals surface area (Å²) in [5.41, 5.74) is 1.33. The molecule has 6 heteroatoms. The van der Waals surface area contributed by atoms with E-state index in [0.29, 0.717) is 30.9 Å². The van der Waals surface area contributed by atoms with Crippen molar-refractivity contribution in [1.29, 1.82) is 0 Å². The maximum Gasteiger partial charge on any atom is 0.274 e. The normalized spacial score (nSPS) is 10.3. The molecule has 0 aliphatic heterocycles. The van der Waals surface area contributed by atoms with Crippen molar-refractivity contribution >= 4 is 17.5 Å². The topological polar surface area (TPSA) is 71.5 Å². The smallest absolute Gasteiger partial charge is 0.274 e. The molecule has 2 amide bonds. The van der Waals surface area contributed by atoms with Crippen LogP contribution in [-0.4, -0.2) is 41.4 Å². The first kappa shape index (κ1) is 20.4. The summed E-state index contributed by atoms with van der Waals surface area (Å²) in [4.78, 5) is 31.1. The van der Waals surface area contributed by atoms with Crippen LogP contribution in [0.1, 0.15) is 54.5 Å². The highest BCUT2D eigenvalue weighted by molar-refractivity contribution is 6.04. The number of hydrogen-bond donors (Lipinski definition) is 1. The molecule has 0 aliphatic carbocycles. The van der Waals surface area contributed by atoms with Crippen molar-refractivity contribution in [3.8, 4) is 5.75 Å². The lowest BCUT2D eigenvalue weighted by Crippen LogP contribution is -2.32. The lowest BCUT2D eigenvalue weighted by Gasteiger charge is -2.21. The molecule has 0 radical (unpaired) electrons. The molecule has 1 aromatic carbocycles. The van der Waals surface area contributed by atoms with Crippen molar-refractivity contribution in [2.45, 2.75) is 33.6 Å². The van der Waals surface area contributed by atoms with Gasteiger partial charge in [-0.25, -0.2) is 0 Å². The number of aromatic nitrogens is 1. The number of hydrogen-bond acceptors (Lipinski definition) is 4. The lowest BCUT2D eigenvalue weighted by molar-refractivity contribution is 0.0755. The second kappa shape index (κ2) is 10.3. The minimum Gasteiger partial charge on any atom is -0.494 e. The van der Waals surface area contributed by atoms with Gasteiger partial charge in [0.05, 0.1) is 6.61 Å². The first-order chi connectivity index (χ1) is 13.1. The summed E-state index contributed by atoms with van der Waals surface area (Å²) in [6.07, 6.45) is 3.28. The minimum absolute atomic E-state index is 0.0729. The molecule has 0 saturated heterocycles. The number of benzene rings is 1. The highest BCUT2D eigenvalue weighted by atomic mass is 16.5. The molecule has 0 aliphatic rings. The van der Waals surface area contributed by atoms with Gasteiger partial charge in [0.1, 0.15) is 11.4 Å². The van der Waals surface area contributed by atoms with E-state index in [4.69, 9.17) is 4.74 Å². The third-order valence-electron chi connectivity index (χ3n) is 3.94. The highest BCUT2D eigenvalue weighted by Gasteiger charge is 2.17. The number of nitrogens with zero attached hydrogens (tertiary/aromatic N) is 2. The van der Waals surface area contributed by atoms with Crippen molar-refractivity contribution < 1.29 is 14.3 Å². The second-order valence-corrected chi connectivity index (χ2v) is 6.13. The number of carbonyl (C=O) groups is 2. The second-order valence-electron chi connectivity index (χ2n) is 6.13. The maximum atomic E-state index is 12.7. The van der Waals surface area contributed by atoms with E-state index in [0.717, 1.165) is 18.6 Å². The Morgan fingerprint density at radius 2 is 1.70 bits per heavy atom. The van der Waals surface area contributed by atoms with E-state index in [1.165, 1.54) is 6.20 Å². The zero-order valence-corrected chi connectivity index (χ0v) is 16.2. The Hall–Kier alpha value is -2.89. The molecular weight excluding hydrogens is 342 g/mol. The molecule has 1 aromatic heterocycles. The SMILES string of the molecule is CCCN(CCC)C(=O)c1ccnc(C(=O)Nc2ccc(OCC)cc2)c1. The van der Waals surface area contributed by atoms with Gasteiger partial charge >= 0.3 is 0 Å². The highest BCUT2D eigenvalue weighted by Crippen LogP contribution is 2.16. The van der Waals surface area contributed by atoms with Gasteiger partial charge in [-0.1, -0.05) is 13.8 Å². The average Bonchev–Trinajstić information content (AvgIpc) is 2.69. The van der Waals surface area contributed by atoms with Crippen LogP contribution in [0.5, 0.6) is 5.75 Å². The van der Waals surface area contributed by atoms with Crippen molar-refractivity contribution in [2.24, 2.45) is 0 Å². The molecule has 27 heavy (non-hydrogen) atoms. The summed E-state index contributed by atoms with van der Waals surface area (Å²) in [5, 5.41) is 2.79. The third kappa shape index (κ3) is 5.81. The van der Waals surface area contributed by atoms with E-state index in [1.807, 2.05) is 25.7 Å². The largest absolute Gasteiger partial charge is 0.494 e. The lowest BCUT2D eigenvalue weighted by atomic mass is 10.1. The van der Waals surface area contributed by atoms with Crippen LogP contribution < -0.4 is 10.1 Å². The van der Waals surface area contributed by atoms with E-state index in [-0.39, 0.29) is 17.5 Å². The predicted octanol–water partition coefficient (Wildman–Crippen LogP) is 3.99. The van der Waals surface area contributed by atoms with Gasteiger partial charge in [-0.15, -0.1) is 0 Å². The van der Waals surface area contributed by atoms with E-state index in [1.54, 1.807) is 36.4 Å². The Morgan fingerprint density at radius 3 is 2.30 bits per heavy atom.